The van der Waals surface area contributed by atoms with Crippen molar-refractivity contribution in [2.24, 2.45) is 0 Å². The van der Waals surface area contributed by atoms with Crippen molar-refractivity contribution in [3.05, 3.63) is 57.7 Å². The summed E-state index contributed by atoms with van der Waals surface area (Å²) in [5.41, 5.74) is 0.505. The number of aliphatic hydroxyl groups excluding tert-OH is 1. The van der Waals surface area contributed by atoms with Crippen LogP contribution < -0.4 is 20.2 Å². The molecule has 0 aliphatic heterocycles. The van der Waals surface area contributed by atoms with E-state index in [-0.39, 0.29) is 29.9 Å². The summed E-state index contributed by atoms with van der Waals surface area (Å²) in [5, 5.41) is 21.0. The Morgan fingerprint density at radius 3 is 2.79 bits per heavy atom. The molecule has 1 unspecified atom stereocenters. The summed E-state index contributed by atoms with van der Waals surface area (Å²) in [7, 11) is 1.50. The van der Waals surface area contributed by atoms with Crippen molar-refractivity contribution in [3.8, 4) is 22.8 Å². The molecule has 0 bridgehead atoms. The van der Waals surface area contributed by atoms with Crippen molar-refractivity contribution in [2.45, 2.75) is 6.23 Å². The van der Waals surface area contributed by atoms with Crippen molar-refractivity contribution < 1.29 is 28.9 Å². The lowest BCUT2D eigenvalue weighted by Gasteiger charge is -2.14. The van der Waals surface area contributed by atoms with E-state index in [1.54, 1.807) is 36.4 Å². The Morgan fingerprint density at radius 2 is 2.07 bits per heavy atom. The third-order valence-electron chi connectivity index (χ3n) is 4.09. The number of para-hydroxylation sites is 1. The Kier molecular flexibility index (Phi) is 6.38. The van der Waals surface area contributed by atoms with Gasteiger partial charge in [-0.3, -0.25) is 10.1 Å². The molecule has 2 aromatic carbocycles. The third-order valence-corrected chi connectivity index (χ3v) is 4.39. The number of methoxy groups -OCH3 is 1. The van der Waals surface area contributed by atoms with E-state index < -0.39 is 12.2 Å². The van der Waals surface area contributed by atoms with Crippen LogP contribution in [0.2, 0.25) is 5.02 Å². The molecule has 1 atom stereocenters. The lowest BCUT2D eigenvalue weighted by molar-refractivity contribution is -0.148. The molecule has 3 aromatic rings. The molecule has 152 valence electrons. The Hall–Kier alpha value is -3.07. The molecular formula is C20H18ClNO7. The number of carboxylic acid groups (broad SMARTS) is 1. The van der Waals surface area contributed by atoms with Crippen LogP contribution in [0, 0.1) is 0 Å². The number of rotatable bonds is 8. The molecule has 0 aliphatic rings. The Bertz CT molecular complexity index is 1100. The molecule has 29 heavy (non-hydrogen) atoms. The highest BCUT2D eigenvalue weighted by Crippen LogP contribution is 2.35. The minimum Gasteiger partial charge on any atom is -0.497 e. The van der Waals surface area contributed by atoms with Crippen LogP contribution in [0.5, 0.6) is 11.5 Å². The van der Waals surface area contributed by atoms with Gasteiger partial charge in [-0.2, -0.15) is 0 Å². The van der Waals surface area contributed by atoms with Gasteiger partial charge in [-0.05, 0) is 24.3 Å². The fraction of sp³-hybridized carbons (Fsp3) is 0.200. The lowest BCUT2D eigenvalue weighted by atomic mass is 10.1. The average molecular weight is 420 g/mol. The van der Waals surface area contributed by atoms with Crippen LogP contribution in [0.3, 0.4) is 0 Å². The van der Waals surface area contributed by atoms with Gasteiger partial charge < -0.3 is 24.1 Å². The smallest absolute Gasteiger partial charge is 0.347 e. The van der Waals surface area contributed by atoms with Crippen molar-refractivity contribution in [1.82, 2.24) is 5.32 Å². The van der Waals surface area contributed by atoms with Crippen LogP contribution in [0.4, 0.5) is 0 Å². The molecule has 1 heterocycles. The number of hydrogen-bond acceptors (Lipinski definition) is 7. The Labute approximate surface area is 170 Å². The standard InChI is InChI=1S/C20H18ClNO7/c1-27-11-5-6-13(16(9-11)28-8-7-22-19(24)20(25)26)17-10-15(23)12-3-2-4-14(21)18(12)29-17/h2-6,9-10,19,22,24H,7-8H2,1H3,(H,25,26). The van der Waals surface area contributed by atoms with Gasteiger partial charge in [0.2, 0.25) is 6.23 Å². The molecule has 0 saturated carbocycles. The largest absolute Gasteiger partial charge is 0.497 e. The Morgan fingerprint density at radius 1 is 1.28 bits per heavy atom. The molecular weight excluding hydrogens is 402 g/mol. The van der Waals surface area contributed by atoms with Crippen LogP contribution in [-0.4, -0.2) is 42.7 Å². The van der Waals surface area contributed by atoms with Gasteiger partial charge in [0.15, 0.2) is 11.0 Å². The summed E-state index contributed by atoms with van der Waals surface area (Å²) in [6, 6.07) is 11.2. The number of benzene rings is 2. The van der Waals surface area contributed by atoms with Gasteiger partial charge in [-0.1, -0.05) is 17.7 Å². The van der Waals surface area contributed by atoms with Gasteiger partial charge in [0.05, 0.1) is 23.1 Å². The molecule has 0 saturated heterocycles. The summed E-state index contributed by atoms with van der Waals surface area (Å²) >= 11 is 6.17. The van der Waals surface area contributed by atoms with E-state index in [0.717, 1.165) is 0 Å². The second-order valence-electron chi connectivity index (χ2n) is 6.00. The van der Waals surface area contributed by atoms with E-state index in [9.17, 15) is 14.7 Å². The first kappa shape index (κ1) is 20.7. The maximum atomic E-state index is 12.5. The maximum absolute atomic E-state index is 12.5. The summed E-state index contributed by atoms with van der Waals surface area (Å²) in [4.78, 5) is 23.1. The van der Waals surface area contributed by atoms with Crippen LogP contribution in [0.15, 0.2) is 51.7 Å². The van der Waals surface area contributed by atoms with E-state index in [2.05, 4.69) is 5.32 Å². The number of ether oxygens (including phenoxy) is 2. The number of carboxylic acids is 1. The number of nitrogens with one attached hydrogen (secondary N) is 1. The second-order valence-corrected chi connectivity index (χ2v) is 6.40. The van der Waals surface area contributed by atoms with Crippen LogP contribution in [-0.2, 0) is 4.79 Å². The normalized spacial score (nSPS) is 12.0. The molecule has 3 rings (SSSR count). The number of aliphatic hydroxyl groups is 1. The van der Waals surface area contributed by atoms with Crippen LogP contribution >= 0.6 is 11.6 Å². The van der Waals surface area contributed by atoms with Gasteiger partial charge in [0, 0.05) is 18.7 Å². The zero-order valence-electron chi connectivity index (χ0n) is 15.3. The summed E-state index contributed by atoms with van der Waals surface area (Å²) in [6.07, 6.45) is -1.69. The van der Waals surface area contributed by atoms with Crippen LogP contribution in [0.25, 0.3) is 22.3 Å². The van der Waals surface area contributed by atoms with Gasteiger partial charge in [0.25, 0.3) is 0 Å². The SMILES string of the molecule is COc1ccc(-c2cc(=O)c3cccc(Cl)c3o2)c(OCCNC(O)C(=O)O)c1. The van der Waals surface area contributed by atoms with E-state index in [1.165, 1.54) is 13.2 Å². The molecule has 0 aliphatic carbocycles. The molecule has 0 radical (unpaired) electrons. The van der Waals surface area contributed by atoms with E-state index in [4.69, 9.17) is 30.6 Å². The first-order valence-electron chi connectivity index (χ1n) is 8.58. The number of hydrogen-bond donors (Lipinski definition) is 3. The van der Waals surface area contributed by atoms with Crippen molar-refractivity contribution >= 4 is 28.5 Å². The first-order valence-corrected chi connectivity index (χ1v) is 8.96. The van der Waals surface area contributed by atoms with Gasteiger partial charge in [0.1, 0.15) is 23.9 Å². The fourth-order valence-electron chi connectivity index (χ4n) is 2.67. The van der Waals surface area contributed by atoms with Crippen LogP contribution in [0.1, 0.15) is 0 Å². The quantitative estimate of drug-likeness (QED) is 0.376. The first-order chi connectivity index (χ1) is 13.9. The molecule has 1 aromatic heterocycles. The van der Waals surface area contributed by atoms with Crippen molar-refractivity contribution in [1.29, 1.82) is 0 Å². The second kappa shape index (κ2) is 8.95. The molecule has 0 spiro atoms. The molecule has 0 fully saturated rings. The Balaban J connectivity index is 1.93. The van der Waals surface area contributed by atoms with Crippen molar-refractivity contribution in [2.75, 3.05) is 20.3 Å². The monoisotopic (exact) mass is 419 g/mol. The summed E-state index contributed by atoms with van der Waals surface area (Å²) in [6.45, 7) is 0.112. The number of halogens is 1. The zero-order chi connectivity index (χ0) is 21.0. The minimum absolute atomic E-state index is 0.0447. The predicted octanol–water partition coefficient (Wildman–Crippen LogP) is 2.49. The van der Waals surface area contributed by atoms with Gasteiger partial charge in [-0.15, -0.1) is 0 Å². The number of aliphatic carboxylic acids is 1. The zero-order valence-corrected chi connectivity index (χ0v) is 16.1. The molecule has 3 N–H and O–H groups in total. The highest BCUT2D eigenvalue weighted by atomic mass is 35.5. The topological polar surface area (TPSA) is 118 Å². The van der Waals surface area contributed by atoms with Gasteiger partial charge in [-0.25, -0.2) is 4.79 Å². The maximum Gasteiger partial charge on any atom is 0.347 e. The highest BCUT2D eigenvalue weighted by molar-refractivity contribution is 6.34. The lowest BCUT2D eigenvalue weighted by Crippen LogP contribution is -2.38. The number of fused-ring (bicyclic) bond motifs is 1. The molecule has 0 amide bonds. The molecule has 8 nitrogen and oxygen atoms in total. The van der Waals surface area contributed by atoms with Gasteiger partial charge >= 0.3 is 5.97 Å². The number of carbonyl (C=O) groups is 1. The minimum atomic E-state index is -1.69. The molecule has 9 heteroatoms. The predicted molar refractivity (Wildman–Crippen MR) is 107 cm³/mol. The van der Waals surface area contributed by atoms with E-state index in [0.29, 0.717) is 27.5 Å². The highest BCUT2D eigenvalue weighted by Gasteiger charge is 2.15. The summed E-state index contributed by atoms with van der Waals surface area (Å²) in [5.74, 6) is -0.261. The summed E-state index contributed by atoms with van der Waals surface area (Å²) < 4.78 is 16.8. The fourth-order valence-corrected chi connectivity index (χ4v) is 2.89. The van der Waals surface area contributed by atoms with E-state index >= 15 is 0 Å². The van der Waals surface area contributed by atoms with E-state index in [1.807, 2.05) is 0 Å². The third kappa shape index (κ3) is 4.68. The van der Waals surface area contributed by atoms with Crippen molar-refractivity contribution in [3.63, 3.8) is 0 Å². The average Bonchev–Trinajstić information content (AvgIpc) is 2.71.